The Morgan fingerprint density at radius 2 is 1.45 bits per heavy atom. The van der Waals surface area contributed by atoms with Crippen LogP contribution in [-0.2, 0) is 0 Å². The normalized spacial score (nSPS) is 9.75. The first kappa shape index (κ1) is 18.2. The minimum Gasteiger partial charge on any atom is -0.261 e. The van der Waals surface area contributed by atoms with Gasteiger partial charge in [-0.25, -0.2) is 9.97 Å². The first-order valence-corrected chi connectivity index (χ1v) is 6.70. The zero-order valence-electron chi connectivity index (χ0n) is 12.5. The lowest BCUT2D eigenvalue weighted by Crippen LogP contribution is -1.93. The number of hydrogen-bond donors (Lipinski definition) is 0. The van der Waals surface area contributed by atoms with E-state index in [2.05, 4.69) is 61.7 Å². The number of hydrogen-bond acceptors (Lipinski definition) is 3. The van der Waals surface area contributed by atoms with Crippen molar-refractivity contribution in [3.8, 4) is 0 Å². The number of rotatable bonds is 2. The molecule has 0 spiro atoms. The lowest BCUT2D eigenvalue weighted by Gasteiger charge is -2.02. The number of aryl methyl sites for hydroxylation is 1. The van der Waals surface area contributed by atoms with Gasteiger partial charge in [0.05, 0.1) is 0 Å². The summed E-state index contributed by atoms with van der Waals surface area (Å²) in [6.07, 6.45) is 5.44. The summed E-state index contributed by atoms with van der Waals surface area (Å²) < 4.78 is 0. The Morgan fingerprint density at radius 3 is 1.80 bits per heavy atom. The van der Waals surface area contributed by atoms with Crippen molar-refractivity contribution in [2.75, 3.05) is 0 Å². The second kappa shape index (κ2) is 9.18. The molecule has 2 aromatic rings. The van der Waals surface area contributed by atoms with E-state index in [1.54, 1.807) is 12.4 Å². The van der Waals surface area contributed by atoms with Gasteiger partial charge in [0.15, 0.2) is 0 Å². The van der Waals surface area contributed by atoms with Crippen LogP contribution >= 0.6 is 0 Å². The van der Waals surface area contributed by atoms with Gasteiger partial charge in [0.25, 0.3) is 0 Å². The average Bonchev–Trinajstić information content (AvgIpc) is 2.41. The molecule has 0 saturated heterocycles. The summed E-state index contributed by atoms with van der Waals surface area (Å²) in [7, 11) is 0. The van der Waals surface area contributed by atoms with Gasteiger partial charge in [0, 0.05) is 30.2 Å². The van der Waals surface area contributed by atoms with E-state index in [9.17, 15) is 0 Å². The monoisotopic (exact) mass is 273 g/mol. The zero-order chi connectivity index (χ0) is 14.3. The van der Waals surface area contributed by atoms with Crippen LogP contribution in [0.25, 0.3) is 0 Å². The van der Waals surface area contributed by atoms with Gasteiger partial charge in [-0.1, -0.05) is 41.2 Å². The molecule has 0 radical (unpaired) electrons. The van der Waals surface area contributed by atoms with Crippen LogP contribution in [0.3, 0.4) is 0 Å². The second-order valence-electron chi connectivity index (χ2n) is 5.18. The molecule has 2 aromatic heterocycles. The van der Waals surface area contributed by atoms with Crippen LogP contribution in [0, 0.1) is 6.92 Å². The van der Waals surface area contributed by atoms with Crippen LogP contribution < -0.4 is 0 Å². The van der Waals surface area contributed by atoms with E-state index in [-0.39, 0.29) is 7.43 Å². The standard InChI is InChI=1S/C9H13N.C7H10N2.CH4/c1-7(2)9-5-4-8(3)6-10-9;1-6(2)7-8-4-3-5-9-7;/h4-7H,1-3H3;3-6H,1-2H3;1H4. The molecule has 0 atom stereocenters. The Morgan fingerprint density at radius 1 is 0.850 bits per heavy atom. The molecule has 0 aliphatic rings. The summed E-state index contributed by atoms with van der Waals surface area (Å²) >= 11 is 0. The molecule has 0 saturated carbocycles. The Hall–Kier alpha value is -1.77. The van der Waals surface area contributed by atoms with Crippen molar-refractivity contribution in [1.29, 1.82) is 0 Å². The van der Waals surface area contributed by atoms with E-state index in [1.807, 2.05) is 12.3 Å². The third-order valence-electron chi connectivity index (χ3n) is 2.63. The molecule has 0 amide bonds. The molecule has 0 aromatic carbocycles. The molecular formula is C17H27N3. The summed E-state index contributed by atoms with van der Waals surface area (Å²) in [6.45, 7) is 10.5. The second-order valence-corrected chi connectivity index (χ2v) is 5.18. The Bertz CT molecular complexity index is 461. The predicted octanol–water partition coefficient (Wildman–Crippen LogP) is 4.75. The van der Waals surface area contributed by atoms with Gasteiger partial charge in [0.1, 0.15) is 5.82 Å². The Kier molecular flexibility index (Phi) is 8.37. The quantitative estimate of drug-likeness (QED) is 0.792. The maximum Gasteiger partial charge on any atom is 0.130 e. The van der Waals surface area contributed by atoms with Crippen molar-refractivity contribution in [2.24, 2.45) is 0 Å². The lowest BCUT2D eigenvalue weighted by atomic mass is 10.1. The Balaban J connectivity index is 0.000000345. The van der Waals surface area contributed by atoms with Crippen molar-refractivity contribution in [3.63, 3.8) is 0 Å². The molecule has 0 fully saturated rings. The molecule has 0 unspecified atom stereocenters. The minimum absolute atomic E-state index is 0. The van der Waals surface area contributed by atoms with Crippen molar-refractivity contribution in [1.82, 2.24) is 15.0 Å². The van der Waals surface area contributed by atoms with E-state index < -0.39 is 0 Å². The van der Waals surface area contributed by atoms with Crippen molar-refractivity contribution >= 4 is 0 Å². The summed E-state index contributed by atoms with van der Waals surface area (Å²) in [5, 5.41) is 0. The number of pyridine rings is 1. The summed E-state index contributed by atoms with van der Waals surface area (Å²) in [5.74, 6) is 1.89. The van der Waals surface area contributed by atoms with Crippen molar-refractivity contribution < 1.29 is 0 Å². The SMILES string of the molecule is C.CC(C)c1ncccn1.Cc1ccc(C(C)C)nc1. The third-order valence-corrected chi connectivity index (χ3v) is 2.63. The van der Waals surface area contributed by atoms with Gasteiger partial charge in [-0.05, 0) is 30.5 Å². The van der Waals surface area contributed by atoms with E-state index in [4.69, 9.17) is 0 Å². The van der Waals surface area contributed by atoms with Gasteiger partial charge < -0.3 is 0 Å². The van der Waals surface area contributed by atoms with Crippen molar-refractivity contribution in [2.45, 2.75) is 53.9 Å². The fourth-order valence-electron chi connectivity index (χ4n) is 1.43. The zero-order valence-corrected chi connectivity index (χ0v) is 12.5. The molecule has 110 valence electrons. The van der Waals surface area contributed by atoms with Gasteiger partial charge in [-0.3, -0.25) is 4.98 Å². The molecule has 3 heteroatoms. The van der Waals surface area contributed by atoms with Gasteiger partial charge in [-0.2, -0.15) is 0 Å². The van der Waals surface area contributed by atoms with Crippen LogP contribution in [0.5, 0.6) is 0 Å². The highest BCUT2D eigenvalue weighted by atomic mass is 14.9. The van der Waals surface area contributed by atoms with Crippen molar-refractivity contribution in [3.05, 3.63) is 53.9 Å². The maximum absolute atomic E-state index is 4.28. The van der Waals surface area contributed by atoms with E-state index in [1.165, 1.54) is 11.3 Å². The van der Waals surface area contributed by atoms with E-state index in [0.29, 0.717) is 11.8 Å². The molecule has 2 heterocycles. The molecule has 0 aliphatic carbocycles. The smallest absolute Gasteiger partial charge is 0.130 e. The van der Waals surface area contributed by atoms with Crippen LogP contribution in [0.15, 0.2) is 36.8 Å². The third kappa shape index (κ3) is 6.41. The van der Waals surface area contributed by atoms with E-state index >= 15 is 0 Å². The van der Waals surface area contributed by atoms with Crippen LogP contribution in [0.1, 0.15) is 64.0 Å². The highest BCUT2D eigenvalue weighted by Gasteiger charge is 1.98. The summed E-state index contributed by atoms with van der Waals surface area (Å²) in [6, 6.07) is 6.01. The van der Waals surface area contributed by atoms with E-state index in [0.717, 1.165) is 5.82 Å². The predicted molar refractivity (Wildman–Crippen MR) is 85.9 cm³/mol. The lowest BCUT2D eigenvalue weighted by molar-refractivity contribution is 0.774. The van der Waals surface area contributed by atoms with Crippen LogP contribution in [-0.4, -0.2) is 15.0 Å². The largest absolute Gasteiger partial charge is 0.261 e. The highest BCUT2D eigenvalue weighted by molar-refractivity contribution is 5.14. The number of nitrogens with zero attached hydrogens (tertiary/aromatic N) is 3. The van der Waals surface area contributed by atoms with Crippen LogP contribution in [0.4, 0.5) is 0 Å². The van der Waals surface area contributed by atoms with Gasteiger partial charge >= 0.3 is 0 Å². The Labute approximate surface area is 123 Å². The molecule has 3 nitrogen and oxygen atoms in total. The molecule has 0 aliphatic heterocycles. The van der Waals surface area contributed by atoms with Gasteiger partial charge in [-0.15, -0.1) is 0 Å². The number of aromatic nitrogens is 3. The molecule has 0 bridgehead atoms. The molecular weight excluding hydrogens is 246 g/mol. The summed E-state index contributed by atoms with van der Waals surface area (Å²) in [4.78, 5) is 12.4. The average molecular weight is 273 g/mol. The molecule has 0 N–H and O–H groups in total. The van der Waals surface area contributed by atoms with Gasteiger partial charge in [0.2, 0.25) is 0 Å². The maximum atomic E-state index is 4.28. The van der Waals surface area contributed by atoms with Crippen LogP contribution in [0.2, 0.25) is 0 Å². The topological polar surface area (TPSA) is 38.7 Å². The highest BCUT2D eigenvalue weighted by Crippen LogP contribution is 2.10. The fraction of sp³-hybridized carbons (Fsp3) is 0.471. The minimum atomic E-state index is 0. The molecule has 20 heavy (non-hydrogen) atoms. The summed E-state index contributed by atoms with van der Waals surface area (Å²) in [5.41, 5.74) is 2.40. The molecule has 2 rings (SSSR count). The first-order chi connectivity index (χ1) is 9.00. The first-order valence-electron chi connectivity index (χ1n) is 6.70. The fourth-order valence-corrected chi connectivity index (χ4v) is 1.43.